The Kier molecular flexibility index (Phi) is 3.50. The fourth-order valence-electron chi connectivity index (χ4n) is 2.99. The summed E-state index contributed by atoms with van der Waals surface area (Å²) in [5.41, 5.74) is 2.75. The average Bonchev–Trinajstić information content (AvgIpc) is 3.34. The summed E-state index contributed by atoms with van der Waals surface area (Å²) in [6.45, 7) is 1.27. The molecule has 0 unspecified atom stereocenters. The quantitative estimate of drug-likeness (QED) is 0.786. The lowest BCUT2D eigenvalue weighted by Gasteiger charge is -2.22. The molecule has 1 saturated carbocycles. The number of para-hydroxylation sites is 2. The number of imidazole rings is 1. The minimum Gasteiger partial charge on any atom is -0.306 e. The number of nitrogens with zero attached hydrogens (tertiary/aromatic N) is 2. The van der Waals surface area contributed by atoms with Crippen molar-refractivity contribution in [3.63, 3.8) is 0 Å². The van der Waals surface area contributed by atoms with Crippen LogP contribution in [0.5, 0.6) is 0 Å². The summed E-state index contributed by atoms with van der Waals surface area (Å²) in [6.07, 6.45) is 2.30. The molecule has 1 heterocycles. The SMILES string of the molecule is O=c1[nH]c2ccccc2n1CN(Cc1ccc(F)cc1)C1CC1. The average molecular weight is 311 g/mol. The summed E-state index contributed by atoms with van der Waals surface area (Å²) in [6, 6.07) is 14.8. The largest absolute Gasteiger partial charge is 0.327 e. The first kappa shape index (κ1) is 14.2. The molecule has 0 spiro atoms. The second-order valence-corrected chi connectivity index (χ2v) is 6.12. The van der Waals surface area contributed by atoms with Crippen LogP contribution < -0.4 is 5.69 Å². The number of aromatic amines is 1. The molecule has 4 rings (SSSR count). The van der Waals surface area contributed by atoms with Gasteiger partial charge in [-0.1, -0.05) is 24.3 Å². The van der Waals surface area contributed by atoms with Crippen LogP contribution in [0.4, 0.5) is 4.39 Å². The molecule has 2 aromatic carbocycles. The van der Waals surface area contributed by atoms with Gasteiger partial charge in [0.2, 0.25) is 0 Å². The molecular weight excluding hydrogens is 293 g/mol. The topological polar surface area (TPSA) is 41.0 Å². The van der Waals surface area contributed by atoms with E-state index in [0.717, 1.165) is 36.0 Å². The zero-order valence-electron chi connectivity index (χ0n) is 12.7. The summed E-state index contributed by atoms with van der Waals surface area (Å²) in [7, 11) is 0. The van der Waals surface area contributed by atoms with Crippen LogP contribution >= 0.6 is 0 Å². The number of H-pyrrole nitrogens is 1. The zero-order valence-corrected chi connectivity index (χ0v) is 12.7. The molecule has 0 amide bonds. The number of nitrogens with one attached hydrogen (secondary N) is 1. The summed E-state index contributed by atoms with van der Waals surface area (Å²) in [5.74, 6) is -0.223. The Morgan fingerprint density at radius 3 is 2.61 bits per heavy atom. The van der Waals surface area contributed by atoms with E-state index in [9.17, 15) is 9.18 Å². The van der Waals surface area contributed by atoms with E-state index in [1.807, 2.05) is 36.4 Å². The second kappa shape index (κ2) is 5.66. The lowest BCUT2D eigenvalue weighted by atomic mass is 10.2. The van der Waals surface area contributed by atoms with Crippen LogP contribution in [0.2, 0.25) is 0 Å². The van der Waals surface area contributed by atoms with Gasteiger partial charge < -0.3 is 4.98 Å². The first-order valence-corrected chi connectivity index (χ1v) is 7.87. The van der Waals surface area contributed by atoms with Crippen LogP contribution in [0.3, 0.4) is 0 Å². The third-order valence-electron chi connectivity index (χ3n) is 4.37. The molecule has 0 saturated heterocycles. The maximum Gasteiger partial charge on any atom is 0.327 e. The van der Waals surface area contributed by atoms with Crippen LogP contribution in [0.15, 0.2) is 53.3 Å². The zero-order chi connectivity index (χ0) is 15.8. The van der Waals surface area contributed by atoms with Gasteiger partial charge >= 0.3 is 5.69 Å². The lowest BCUT2D eigenvalue weighted by molar-refractivity contribution is 0.199. The number of aromatic nitrogens is 2. The van der Waals surface area contributed by atoms with Crippen molar-refractivity contribution in [2.24, 2.45) is 0 Å². The number of halogens is 1. The van der Waals surface area contributed by atoms with E-state index in [1.54, 1.807) is 4.57 Å². The van der Waals surface area contributed by atoms with Gasteiger partial charge in [-0.25, -0.2) is 9.18 Å². The van der Waals surface area contributed by atoms with Crippen molar-refractivity contribution < 1.29 is 4.39 Å². The van der Waals surface area contributed by atoms with E-state index in [2.05, 4.69) is 9.88 Å². The van der Waals surface area contributed by atoms with E-state index in [-0.39, 0.29) is 11.5 Å². The summed E-state index contributed by atoms with van der Waals surface area (Å²) in [4.78, 5) is 17.4. The molecule has 3 aromatic rings. The third-order valence-corrected chi connectivity index (χ3v) is 4.37. The maximum atomic E-state index is 13.1. The van der Waals surface area contributed by atoms with Crippen molar-refractivity contribution in [2.75, 3.05) is 0 Å². The van der Waals surface area contributed by atoms with Crippen molar-refractivity contribution in [1.82, 2.24) is 14.5 Å². The Morgan fingerprint density at radius 2 is 1.87 bits per heavy atom. The minimum absolute atomic E-state index is 0.0871. The molecule has 1 fully saturated rings. The van der Waals surface area contributed by atoms with E-state index in [4.69, 9.17) is 0 Å². The fourth-order valence-corrected chi connectivity index (χ4v) is 2.99. The van der Waals surface area contributed by atoms with Crippen LogP contribution in [0.25, 0.3) is 11.0 Å². The van der Waals surface area contributed by atoms with E-state index in [0.29, 0.717) is 12.7 Å². The van der Waals surface area contributed by atoms with Gasteiger partial charge in [-0.05, 0) is 42.7 Å². The van der Waals surface area contributed by atoms with E-state index in [1.165, 1.54) is 12.1 Å². The molecule has 118 valence electrons. The lowest BCUT2D eigenvalue weighted by Crippen LogP contribution is -2.32. The van der Waals surface area contributed by atoms with Crippen molar-refractivity contribution in [2.45, 2.75) is 32.1 Å². The highest BCUT2D eigenvalue weighted by molar-refractivity contribution is 5.74. The molecular formula is C18H18FN3O. The van der Waals surface area contributed by atoms with Crippen molar-refractivity contribution in [3.8, 4) is 0 Å². The molecule has 1 aliphatic carbocycles. The highest BCUT2D eigenvalue weighted by Gasteiger charge is 2.29. The summed E-state index contributed by atoms with van der Waals surface area (Å²) in [5, 5.41) is 0. The van der Waals surface area contributed by atoms with Crippen LogP contribution in [-0.4, -0.2) is 20.5 Å². The molecule has 0 atom stereocenters. The molecule has 5 heteroatoms. The minimum atomic E-state index is -0.223. The van der Waals surface area contributed by atoms with Crippen LogP contribution in [0.1, 0.15) is 18.4 Å². The van der Waals surface area contributed by atoms with Gasteiger partial charge in [0.1, 0.15) is 5.82 Å². The van der Waals surface area contributed by atoms with Gasteiger partial charge in [0.05, 0.1) is 17.7 Å². The number of fused-ring (bicyclic) bond motifs is 1. The second-order valence-electron chi connectivity index (χ2n) is 6.12. The number of hydrogen-bond donors (Lipinski definition) is 1. The van der Waals surface area contributed by atoms with Crippen molar-refractivity contribution >= 4 is 11.0 Å². The predicted octanol–water partition coefficient (Wildman–Crippen LogP) is 3.09. The normalized spacial score (nSPS) is 14.7. The Morgan fingerprint density at radius 1 is 1.13 bits per heavy atom. The number of rotatable bonds is 5. The smallest absolute Gasteiger partial charge is 0.306 e. The molecule has 1 aromatic heterocycles. The molecule has 1 N–H and O–H groups in total. The maximum absolute atomic E-state index is 13.1. The highest BCUT2D eigenvalue weighted by atomic mass is 19.1. The van der Waals surface area contributed by atoms with Crippen molar-refractivity contribution in [1.29, 1.82) is 0 Å². The summed E-state index contributed by atoms with van der Waals surface area (Å²) >= 11 is 0. The molecule has 4 nitrogen and oxygen atoms in total. The number of benzene rings is 2. The Balaban J connectivity index is 1.62. The Bertz CT molecular complexity index is 877. The molecule has 1 aliphatic rings. The monoisotopic (exact) mass is 311 g/mol. The van der Waals surface area contributed by atoms with Gasteiger partial charge in [0.15, 0.2) is 0 Å². The molecule has 0 radical (unpaired) electrons. The van der Waals surface area contributed by atoms with Crippen LogP contribution in [0, 0.1) is 5.82 Å². The van der Waals surface area contributed by atoms with Gasteiger partial charge in [-0.15, -0.1) is 0 Å². The first-order valence-electron chi connectivity index (χ1n) is 7.87. The van der Waals surface area contributed by atoms with E-state index < -0.39 is 0 Å². The highest BCUT2D eigenvalue weighted by Crippen LogP contribution is 2.29. The van der Waals surface area contributed by atoms with Crippen LogP contribution in [-0.2, 0) is 13.2 Å². The predicted molar refractivity (Wildman–Crippen MR) is 87.5 cm³/mol. The Labute approximate surface area is 133 Å². The van der Waals surface area contributed by atoms with Gasteiger partial charge in [0, 0.05) is 12.6 Å². The third kappa shape index (κ3) is 2.92. The standard InChI is InChI=1S/C18H18FN3O/c19-14-7-5-13(6-8-14)11-21(15-9-10-15)12-22-17-4-2-1-3-16(17)20-18(22)23/h1-8,15H,9-12H2,(H,20,23). The number of hydrogen-bond acceptors (Lipinski definition) is 2. The van der Waals surface area contributed by atoms with Crippen molar-refractivity contribution in [3.05, 3.63) is 70.4 Å². The van der Waals surface area contributed by atoms with Gasteiger partial charge in [-0.3, -0.25) is 9.47 Å². The molecule has 23 heavy (non-hydrogen) atoms. The fraction of sp³-hybridized carbons (Fsp3) is 0.278. The Hall–Kier alpha value is -2.40. The van der Waals surface area contributed by atoms with E-state index >= 15 is 0 Å². The summed E-state index contributed by atoms with van der Waals surface area (Å²) < 4.78 is 14.8. The van der Waals surface area contributed by atoms with Gasteiger partial charge in [-0.2, -0.15) is 0 Å². The first-order chi connectivity index (χ1) is 11.2. The molecule has 0 bridgehead atoms. The molecule has 0 aliphatic heterocycles. The van der Waals surface area contributed by atoms with Gasteiger partial charge in [0.25, 0.3) is 0 Å².